The average Bonchev–Trinajstić information content (AvgIpc) is 2.49. The SMILES string of the molecule is COc1ccc(N/C=C(\C(C)=O)c2ccccc2)cc1. The van der Waals surface area contributed by atoms with Crippen LogP contribution >= 0.6 is 0 Å². The Balaban J connectivity index is 2.19. The second kappa shape index (κ2) is 6.57. The largest absolute Gasteiger partial charge is 0.497 e. The van der Waals surface area contributed by atoms with Crippen molar-refractivity contribution in [2.75, 3.05) is 12.4 Å². The Kier molecular flexibility index (Phi) is 4.56. The van der Waals surface area contributed by atoms with Crippen LogP contribution in [-0.2, 0) is 4.79 Å². The molecule has 2 aromatic rings. The van der Waals surface area contributed by atoms with Crippen molar-refractivity contribution in [3.63, 3.8) is 0 Å². The maximum absolute atomic E-state index is 11.7. The molecule has 0 fully saturated rings. The zero-order valence-corrected chi connectivity index (χ0v) is 11.6. The summed E-state index contributed by atoms with van der Waals surface area (Å²) in [4.78, 5) is 11.7. The van der Waals surface area contributed by atoms with Gasteiger partial charge in [-0.1, -0.05) is 30.3 Å². The number of hydrogen-bond acceptors (Lipinski definition) is 3. The van der Waals surface area contributed by atoms with E-state index in [9.17, 15) is 4.79 Å². The number of ether oxygens (including phenoxy) is 1. The van der Waals surface area contributed by atoms with E-state index in [0.29, 0.717) is 5.57 Å². The van der Waals surface area contributed by atoms with Gasteiger partial charge in [0.15, 0.2) is 5.78 Å². The minimum absolute atomic E-state index is 0.0252. The van der Waals surface area contributed by atoms with E-state index in [4.69, 9.17) is 4.74 Å². The van der Waals surface area contributed by atoms with E-state index in [1.165, 1.54) is 0 Å². The zero-order valence-electron chi connectivity index (χ0n) is 11.6. The molecular weight excluding hydrogens is 250 g/mol. The van der Waals surface area contributed by atoms with Crippen LogP contribution in [0.3, 0.4) is 0 Å². The van der Waals surface area contributed by atoms with Crippen LogP contribution in [0, 0.1) is 0 Å². The molecule has 0 amide bonds. The summed E-state index contributed by atoms with van der Waals surface area (Å²) in [5.74, 6) is 0.826. The summed E-state index contributed by atoms with van der Waals surface area (Å²) in [7, 11) is 1.63. The number of ketones is 1. The van der Waals surface area contributed by atoms with E-state index < -0.39 is 0 Å². The monoisotopic (exact) mass is 267 g/mol. The highest BCUT2D eigenvalue weighted by Crippen LogP contribution is 2.18. The molecule has 0 atom stereocenters. The van der Waals surface area contributed by atoms with Crippen LogP contribution in [0.25, 0.3) is 5.57 Å². The van der Waals surface area contributed by atoms with E-state index in [1.807, 2.05) is 54.6 Å². The average molecular weight is 267 g/mol. The third-order valence-corrected chi connectivity index (χ3v) is 2.94. The summed E-state index contributed by atoms with van der Waals surface area (Å²) < 4.78 is 5.11. The zero-order chi connectivity index (χ0) is 14.4. The first-order valence-electron chi connectivity index (χ1n) is 6.38. The van der Waals surface area contributed by atoms with Crippen LogP contribution in [0.4, 0.5) is 5.69 Å². The molecule has 0 aliphatic rings. The van der Waals surface area contributed by atoms with E-state index in [-0.39, 0.29) is 5.78 Å². The lowest BCUT2D eigenvalue weighted by atomic mass is 10.0. The normalized spacial score (nSPS) is 11.0. The molecule has 0 spiro atoms. The Labute approximate surface area is 118 Å². The molecular formula is C17H17NO2. The number of Topliss-reactive ketones (excluding diaryl/α,β-unsaturated/α-hetero) is 1. The Morgan fingerprint density at radius 3 is 2.25 bits per heavy atom. The Hall–Kier alpha value is -2.55. The predicted molar refractivity (Wildman–Crippen MR) is 81.7 cm³/mol. The van der Waals surface area contributed by atoms with Crippen molar-refractivity contribution in [1.82, 2.24) is 0 Å². The number of carbonyl (C=O) groups is 1. The first kappa shape index (κ1) is 13.9. The third kappa shape index (κ3) is 3.48. The van der Waals surface area contributed by atoms with Gasteiger partial charge in [-0.05, 0) is 36.8 Å². The molecule has 0 aliphatic carbocycles. The quantitative estimate of drug-likeness (QED) is 0.839. The molecule has 0 heterocycles. The number of carbonyl (C=O) groups excluding carboxylic acids is 1. The van der Waals surface area contributed by atoms with Crippen molar-refractivity contribution in [3.8, 4) is 5.75 Å². The standard InChI is InChI=1S/C17H17NO2/c1-13(19)17(14-6-4-3-5-7-14)12-18-15-8-10-16(20-2)11-9-15/h3-12,18H,1-2H3/b17-12+. The van der Waals surface area contributed by atoms with Gasteiger partial charge in [0, 0.05) is 17.5 Å². The van der Waals surface area contributed by atoms with E-state index in [2.05, 4.69) is 5.32 Å². The molecule has 20 heavy (non-hydrogen) atoms. The lowest BCUT2D eigenvalue weighted by Gasteiger charge is -2.07. The molecule has 0 radical (unpaired) electrons. The van der Waals surface area contributed by atoms with Crippen molar-refractivity contribution in [2.24, 2.45) is 0 Å². The van der Waals surface area contributed by atoms with Crippen molar-refractivity contribution in [3.05, 3.63) is 66.4 Å². The summed E-state index contributed by atoms with van der Waals surface area (Å²) >= 11 is 0. The van der Waals surface area contributed by atoms with Crippen LogP contribution in [0.5, 0.6) is 5.75 Å². The van der Waals surface area contributed by atoms with Gasteiger partial charge in [-0.3, -0.25) is 4.79 Å². The summed E-state index contributed by atoms with van der Waals surface area (Å²) in [5.41, 5.74) is 2.46. The lowest BCUT2D eigenvalue weighted by molar-refractivity contribution is -0.111. The highest BCUT2D eigenvalue weighted by Gasteiger charge is 2.06. The number of methoxy groups -OCH3 is 1. The van der Waals surface area contributed by atoms with Gasteiger partial charge in [0.05, 0.1) is 7.11 Å². The van der Waals surface area contributed by atoms with Crippen molar-refractivity contribution >= 4 is 17.0 Å². The highest BCUT2D eigenvalue weighted by atomic mass is 16.5. The fraction of sp³-hybridized carbons (Fsp3) is 0.118. The van der Waals surface area contributed by atoms with Gasteiger partial charge < -0.3 is 10.1 Å². The van der Waals surface area contributed by atoms with Gasteiger partial charge in [0.25, 0.3) is 0 Å². The van der Waals surface area contributed by atoms with E-state index >= 15 is 0 Å². The Bertz CT molecular complexity index is 601. The minimum Gasteiger partial charge on any atom is -0.497 e. The van der Waals surface area contributed by atoms with Crippen molar-refractivity contribution in [2.45, 2.75) is 6.92 Å². The second-order valence-corrected chi connectivity index (χ2v) is 4.35. The van der Waals surface area contributed by atoms with Crippen LogP contribution in [-0.4, -0.2) is 12.9 Å². The Morgan fingerprint density at radius 1 is 1.05 bits per heavy atom. The maximum atomic E-state index is 11.7. The molecule has 102 valence electrons. The second-order valence-electron chi connectivity index (χ2n) is 4.35. The van der Waals surface area contributed by atoms with E-state index in [0.717, 1.165) is 17.0 Å². The maximum Gasteiger partial charge on any atom is 0.161 e. The van der Waals surface area contributed by atoms with Gasteiger partial charge in [-0.25, -0.2) is 0 Å². The van der Waals surface area contributed by atoms with E-state index in [1.54, 1.807) is 20.2 Å². The summed E-state index contributed by atoms with van der Waals surface area (Å²) in [6.45, 7) is 1.56. The van der Waals surface area contributed by atoms with Crippen LogP contribution in [0.2, 0.25) is 0 Å². The summed E-state index contributed by atoms with van der Waals surface area (Å²) in [5, 5.41) is 3.14. The minimum atomic E-state index is 0.0252. The number of rotatable bonds is 5. The van der Waals surface area contributed by atoms with Gasteiger partial charge in [0.1, 0.15) is 5.75 Å². The molecule has 3 nitrogen and oxygen atoms in total. The number of hydrogen-bond donors (Lipinski definition) is 1. The number of anilines is 1. The number of allylic oxidation sites excluding steroid dienone is 1. The molecule has 1 N–H and O–H groups in total. The van der Waals surface area contributed by atoms with Crippen LogP contribution < -0.4 is 10.1 Å². The molecule has 0 bridgehead atoms. The number of nitrogens with one attached hydrogen (secondary N) is 1. The number of benzene rings is 2. The first-order valence-corrected chi connectivity index (χ1v) is 6.38. The smallest absolute Gasteiger partial charge is 0.161 e. The van der Waals surface area contributed by atoms with Gasteiger partial charge in [-0.2, -0.15) is 0 Å². The molecule has 2 aromatic carbocycles. The van der Waals surface area contributed by atoms with Gasteiger partial charge >= 0.3 is 0 Å². The molecule has 0 unspecified atom stereocenters. The van der Waals surface area contributed by atoms with Crippen LogP contribution in [0.15, 0.2) is 60.8 Å². The first-order chi connectivity index (χ1) is 9.70. The fourth-order valence-corrected chi connectivity index (χ4v) is 1.85. The lowest BCUT2D eigenvalue weighted by Crippen LogP contribution is -1.99. The molecule has 0 aromatic heterocycles. The predicted octanol–water partition coefficient (Wildman–Crippen LogP) is 3.74. The Morgan fingerprint density at radius 2 is 1.70 bits per heavy atom. The fourth-order valence-electron chi connectivity index (χ4n) is 1.85. The highest BCUT2D eigenvalue weighted by molar-refractivity contribution is 6.19. The summed E-state index contributed by atoms with van der Waals surface area (Å²) in [6.07, 6.45) is 1.74. The van der Waals surface area contributed by atoms with Gasteiger partial charge in [-0.15, -0.1) is 0 Å². The topological polar surface area (TPSA) is 38.3 Å². The summed E-state index contributed by atoms with van der Waals surface area (Å²) in [6, 6.07) is 17.1. The van der Waals surface area contributed by atoms with Crippen molar-refractivity contribution in [1.29, 1.82) is 0 Å². The van der Waals surface area contributed by atoms with Crippen molar-refractivity contribution < 1.29 is 9.53 Å². The molecule has 2 rings (SSSR count). The van der Waals surface area contributed by atoms with Gasteiger partial charge in [0.2, 0.25) is 0 Å². The molecule has 0 saturated carbocycles. The third-order valence-electron chi connectivity index (χ3n) is 2.94. The molecule has 0 saturated heterocycles. The molecule has 3 heteroatoms. The van der Waals surface area contributed by atoms with Crippen LogP contribution in [0.1, 0.15) is 12.5 Å². The molecule has 0 aliphatic heterocycles.